The minimum atomic E-state index is -0.331. The first-order valence-electron chi connectivity index (χ1n) is 6.98. The van der Waals surface area contributed by atoms with Crippen molar-refractivity contribution in [2.45, 2.75) is 18.2 Å². The van der Waals surface area contributed by atoms with E-state index in [9.17, 15) is 4.79 Å². The molecule has 2 aliphatic rings. The van der Waals surface area contributed by atoms with Crippen LogP contribution in [0.2, 0.25) is 0 Å². The van der Waals surface area contributed by atoms with Crippen LogP contribution in [0.4, 0.5) is 0 Å². The van der Waals surface area contributed by atoms with Crippen LogP contribution in [0.5, 0.6) is 0 Å². The summed E-state index contributed by atoms with van der Waals surface area (Å²) in [6.45, 7) is 1.95. The second-order valence-corrected chi connectivity index (χ2v) is 6.13. The summed E-state index contributed by atoms with van der Waals surface area (Å²) in [5, 5.41) is 0. The van der Waals surface area contributed by atoms with E-state index < -0.39 is 0 Å². The Labute approximate surface area is 134 Å². The number of ether oxygens (including phenoxy) is 1. The van der Waals surface area contributed by atoms with E-state index in [1.165, 1.54) is 0 Å². The number of carbonyl (C=O) groups excluding carboxylic acids is 1. The molecule has 0 unspecified atom stereocenters. The monoisotopic (exact) mass is 312 g/mol. The molecule has 2 heterocycles. The van der Waals surface area contributed by atoms with Gasteiger partial charge in [0.05, 0.1) is 5.70 Å². The normalized spacial score (nSPS) is 17.0. The molecule has 112 valence electrons. The van der Waals surface area contributed by atoms with Gasteiger partial charge in [0.15, 0.2) is 5.76 Å². The van der Waals surface area contributed by atoms with Gasteiger partial charge in [0, 0.05) is 41.9 Å². The Morgan fingerprint density at radius 3 is 3.05 bits per heavy atom. The highest BCUT2D eigenvalue weighted by Crippen LogP contribution is 2.40. The van der Waals surface area contributed by atoms with Crippen molar-refractivity contribution < 1.29 is 9.53 Å². The summed E-state index contributed by atoms with van der Waals surface area (Å²) in [6.07, 6.45) is 7.33. The van der Waals surface area contributed by atoms with Crippen LogP contribution in [-0.2, 0) is 9.53 Å². The van der Waals surface area contributed by atoms with E-state index in [1.807, 2.05) is 42.5 Å². The molecule has 22 heavy (non-hydrogen) atoms. The van der Waals surface area contributed by atoms with Crippen molar-refractivity contribution in [1.29, 1.82) is 0 Å². The van der Waals surface area contributed by atoms with E-state index in [0.29, 0.717) is 17.8 Å². The van der Waals surface area contributed by atoms with Gasteiger partial charge in [-0.25, -0.2) is 4.79 Å². The minimum Gasteiger partial charge on any atom is -0.421 e. The van der Waals surface area contributed by atoms with Crippen molar-refractivity contribution >= 4 is 29.9 Å². The number of hydrogen-bond donors (Lipinski definition) is 0. The van der Waals surface area contributed by atoms with Crippen molar-refractivity contribution in [3.8, 4) is 0 Å². The second-order valence-electron chi connectivity index (χ2n) is 4.96. The number of fused-ring (bicyclic) bond motifs is 1. The van der Waals surface area contributed by atoms with E-state index in [1.54, 1.807) is 36.5 Å². The molecule has 1 aromatic rings. The lowest BCUT2D eigenvalue weighted by atomic mass is 10.1. The van der Waals surface area contributed by atoms with Crippen molar-refractivity contribution in [3.63, 3.8) is 0 Å². The molecular weight excluding hydrogens is 296 g/mol. The van der Waals surface area contributed by atoms with Gasteiger partial charge in [0.2, 0.25) is 0 Å². The van der Waals surface area contributed by atoms with Gasteiger partial charge < -0.3 is 9.04 Å². The van der Waals surface area contributed by atoms with E-state index in [4.69, 9.17) is 4.74 Å². The Balaban J connectivity index is 1.91. The van der Waals surface area contributed by atoms with Crippen molar-refractivity contribution in [1.82, 2.24) is 4.31 Å². The van der Waals surface area contributed by atoms with Gasteiger partial charge in [-0.15, -0.1) is 0 Å². The first-order chi connectivity index (χ1) is 10.7. The predicted octanol–water partition coefficient (Wildman–Crippen LogP) is 3.79. The van der Waals surface area contributed by atoms with Gasteiger partial charge in [-0.05, 0) is 43.2 Å². The van der Waals surface area contributed by atoms with E-state index in [2.05, 4.69) is 4.99 Å². The highest BCUT2D eigenvalue weighted by molar-refractivity contribution is 7.97. The maximum Gasteiger partial charge on any atom is 0.339 e. The first-order valence-corrected chi connectivity index (χ1v) is 7.75. The lowest BCUT2D eigenvalue weighted by Gasteiger charge is -2.28. The molecule has 0 saturated heterocycles. The number of benzene rings is 1. The van der Waals surface area contributed by atoms with Crippen LogP contribution < -0.4 is 0 Å². The summed E-state index contributed by atoms with van der Waals surface area (Å²) in [6, 6.07) is 7.93. The number of allylic oxidation sites excluding steroid dienone is 3. The van der Waals surface area contributed by atoms with Crippen molar-refractivity contribution in [2.24, 2.45) is 4.99 Å². The number of nitrogens with zero attached hydrogens (tertiary/aromatic N) is 2. The summed E-state index contributed by atoms with van der Waals surface area (Å²) in [7, 11) is 1.96. The van der Waals surface area contributed by atoms with Gasteiger partial charge in [-0.2, -0.15) is 0 Å². The standard InChI is InChI=1S/C17H16N2O2S/c1-12-16(14-7-3-4-8-15(14)22-19(12)2)21-17(20)13-6-5-10-18-11-9-13/h3-8,10-11H,9H2,1-2H3. The highest BCUT2D eigenvalue weighted by atomic mass is 32.2. The number of esters is 1. The number of aliphatic imine (C=N–C) groups is 1. The summed E-state index contributed by atoms with van der Waals surface area (Å²) < 4.78 is 7.73. The number of rotatable bonds is 2. The van der Waals surface area contributed by atoms with Crippen LogP contribution in [0.15, 0.2) is 63.8 Å². The molecule has 0 N–H and O–H groups in total. The lowest BCUT2D eigenvalue weighted by molar-refractivity contribution is -0.132. The topological polar surface area (TPSA) is 41.9 Å². The van der Waals surface area contributed by atoms with E-state index in [-0.39, 0.29) is 5.97 Å². The van der Waals surface area contributed by atoms with Gasteiger partial charge in [-0.3, -0.25) is 4.99 Å². The fraction of sp³-hybridized carbons (Fsp3) is 0.176. The van der Waals surface area contributed by atoms with Crippen LogP contribution in [-0.4, -0.2) is 23.5 Å². The van der Waals surface area contributed by atoms with Gasteiger partial charge in [-0.1, -0.05) is 12.1 Å². The second kappa shape index (κ2) is 6.23. The molecule has 5 heteroatoms. The van der Waals surface area contributed by atoms with Gasteiger partial charge in [0.25, 0.3) is 0 Å². The van der Waals surface area contributed by atoms with Gasteiger partial charge in [0.1, 0.15) is 0 Å². The molecule has 1 aromatic carbocycles. The molecule has 4 nitrogen and oxygen atoms in total. The molecule has 2 aliphatic heterocycles. The Morgan fingerprint density at radius 2 is 2.18 bits per heavy atom. The Kier molecular flexibility index (Phi) is 4.15. The number of hydrogen-bond acceptors (Lipinski definition) is 5. The maximum atomic E-state index is 12.4. The average Bonchev–Trinajstić information content (AvgIpc) is 2.81. The first kappa shape index (κ1) is 14.7. The Hall–Kier alpha value is -2.27. The zero-order chi connectivity index (χ0) is 15.5. The molecule has 0 saturated carbocycles. The third-order valence-electron chi connectivity index (χ3n) is 3.51. The molecule has 0 amide bonds. The maximum absolute atomic E-state index is 12.4. The fourth-order valence-corrected chi connectivity index (χ4v) is 3.13. The third kappa shape index (κ3) is 2.85. The Bertz CT molecular complexity index is 732. The van der Waals surface area contributed by atoms with Crippen LogP contribution in [0, 0.1) is 0 Å². The molecule has 0 aliphatic carbocycles. The summed E-state index contributed by atoms with van der Waals surface area (Å²) >= 11 is 1.63. The molecule has 3 rings (SSSR count). The average molecular weight is 312 g/mol. The Morgan fingerprint density at radius 1 is 1.36 bits per heavy atom. The SMILES string of the molecule is CC1=C(OC(=O)C2=CC=CN=CC2)c2ccccc2SN1C. The molecule has 0 aromatic heterocycles. The van der Waals surface area contributed by atoms with Crippen molar-refractivity contribution in [3.05, 3.63) is 59.5 Å². The summed E-state index contributed by atoms with van der Waals surface area (Å²) in [5.41, 5.74) is 2.47. The fourth-order valence-electron chi connectivity index (χ4n) is 2.21. The molecular formula is C17H16N2O2S. The van der Waals surface area contributed by atoms with Crippen LogP contribution in [0.3, 0.4) is 0 Å². The molecule has 0 fully saturated rings. The van der Waals surface area contributed by atoms with E-state index >= 15 is 0 Å². The van der Waals surface area contributed by atoms with Crippen molar-refractivity contribution in [2.75, 3.05) is 7.05 Å². The third-order valence-corrected chi connectivity index (χ3v) is 4.61. The van der Waals surface area contributed by atoms with Crippen LogP contribution in [0.1, 0.15) is 18.9 Å². The zero-order valence-electron chi connectivity index (χ0n) is 12.4. The van der Waals surface area contributed by atoms with E-state index in [0.717, 1.165) is 16.2 Å². The molecule has 0 spiro atoms. The highest BCUT2D eigenvalue weighted by Gasteiger charge is 2.25. The summed E-state index contributed by atoms with van der Waals surface area (Å²) in [4.78, 5) is 17.5. The molecule has 0 radical (unpaired) electrons. The number of carbonyl (C=O) groups is 1. The quantitative estimate of drug-likeness (QED) is 0.615. The molecule has 0 bridgehead atoms. The van der Waals surface area contributed by atoms with Crippen LogP contribution >= 0.6 is 11.9 Å². The summed E-state index contributed by atoms with van der Waals surface area (Å²) in [5.74, 6) is 0.287. The molecule has 0 atom stereocenters. The predicted molar refractivity (Wildman–Crippen MR) is 89.1 cm³/mol. The largest absolute Gasteiger partial charge is 0.421 e. The zero-order valence-corrected chi connectivity index (χ0v) is 13.3. The van der Waals surface area contributed by atoms with Gasteiger partial charge >= 0.3 is 5.97 Å². The minimum absolute atomic E-state index is 0.331. The smallest absolute Gasteiger partial charge is 0.339 e. The lowest BCUT2D eigenvalue weighted by Crippen LogP contribution is -2.18. The van der Waals surface area contributed by atoms with Crippen LogP contribution in [0.25, 0.3) is 5.76 Å².